The number of thiophene rings is 1. The molecule has 0 spiro atoms. The minimum Gasteiger partial charge on any atom is -0.454 e. The summed E-state index contributed by atoms with van der Waals surface area (Å²) in [4.78, 5) is 2.34. The number of halogens is 1. The second-order valence-electron chi connectivity index (χ2n) is 9.48. The zero-order chi connectivity index (χ0) is 25.2. The van der Waals surface area contributed by atoms with E-state index in [2.05, 4.69) is 108 Å². The first kappa shape index (κ1) is 21.7. The SMILES string of the molecule is Clc1ccc2c(c1)sc1c3ccccc3c(N(c3ccccc3)c3cccc4c3oc3ccccc34)cc21. The summed E-state index contributed by atoms with van der Waals surface area (Å²) in [5.74, 6) is 0. The smallest absolute Gasteiger partial charge is 0.159 e. The fraction of sp³-hybridized carbons (Fsp3) is 0. The van der Waals surface area contributed by atoms with Crippen molar-refractivity contribution >= 4 is 92.9 Å². The van der Waals surface area contributed by atoms with E-state index in [1.807, 2.05) is 18.2 Å². The second kappa shape index (κ2) is 8.35. The predicted octanol–water partition coefficient (Wildman–Crippen LogP) is 11.2. The van der Waals surface area contributed by atoms with Gasteiger partial charge >= 0.3 is 0 Å². The van der Waals surface area contributed by atoms with Gasteiger partial charge in [0.2, 0.25) is 0 Å². The summed E-state index contributed by atoms with van der Waals surface area (Å²) < 4.78 is 8.99. The molecule has 0 aliphatic rings. The number of nitrogens with zero attached hydrogens (tertiary/aromatic N) is 1. The highest BCUT2D eigenvalue weighted by Crippen LogP contribution is 2.48. The molecule has 6 aromatic carbocycles. The van der Waals surface area contributed by atoms with Gasteiger partial charge in [-0.1, -0.05) is 90.5 Å². The summed E-state index contributed by atoms with van der Waals surface area (Å²) >= 11 is 8.18. The van der Waals surface area contributed by atoms with Gasteiger partial charge in [-0.3, -0.25) is 0 Å². The fourth-order valence-corrected chi connectivity index (χ4v) is 7.13. The average molecular weight is 526 g/mol. The maximum atomic E-state index is 6.52. The van der Waals surface area contributed by atoms with Gasteiger partial charge in [-0.25, -0.2) is 0 Å². The van der Waals surface area contributed by atoms with E-state index < -0.39 is 0 Å². The van der Waals surface area contributed by atoms with Crippen LogP contribution in [-0.4, -0.2) is 0 Å². The molecule has 2 aromatic heterocycles. The third-order valence-corrected chi connectivity index (χ3v) is 8.74. The van der Waals surface area contributed by atoms with Crippen LogP contribution in [0.5, 0.6) is 0 Å². The minimum atomic E-state index is 0.760. The van der Waals surface area contributed by atoms with E-state index in [0.717, 1.165) is 44.0 Å². The standard InChI is InChI=1S/C34H20ClNOS/c35-21-17-18-25-28-20-30(23-11-4-5-13-27(23)34(28)38-32(25)19-21)36(22-9-2-1-3-10-22)29-15-8-14-26-24-12-6-7-16-31(24)37-33(26)29/h1-20H. The van der Waals surface area contributed by atoms with Gasteiger partial charge in [0.25, 0.3) is 0 Å². The lowest BCUT2D eigenvalue weighted by Gasteiger charge is -2.27. The van der Waals surface area contributed by atoms with Crippen LogP contribution in [0.1, 0.15) is 0 Å². The van der Waals surface area contributed by atoms with Gasteiger partial charge in [-0.05, 0) is 42.5 Å². The highest BCUT2D eigenvalue weighted by atomic mass is 35.5. The lowest BCUT2D eigenvalue weighted by molar-refractivity contribution is 0.669. The third kappa shape index (κ3) is 3.19. The lowest BCUT2D eigenvalue weighted by Crippen LogP contribution is -2.10. The monoisotopic (exact) mass is 525 g/mol. The quantitative estimate of drug-likeness (QED) is 0.228. The largest absolute Gasteiger partial charge is 0.454 e. The molecular weight excluding hydrogens is 506 g/mol. The van der Waals surface area contributed by atoms with Crippen molar-refractivity contribution in [3.8, 4) is 0 Å². The molecule has 38 heavy (non-hydrogen) atoms. The Morgan fingerprint density at radius 2 is 1.29 bits per heavy atom. The van der Waals surface area contributed by atoms with Crippen molar-refractivity contribution in [2.75, 3.05) is 4.90 Å². The molecule has 0 saturated carbocycles. The fourth-order valence-electron chi connectivity index (χ4n) is 5.63. The Kier molecular flexibility index (Phi) is 4.78. The van der Waals surface area contributed by atoms with Gasteiger partial charge in [0.05, 0.1) is 11.4 Å². The topological polar surface area (TPSA) is 16.4 Å². The lowest BCUT2D eigenvalue weighted by atomic mass is 10.0. The number of fused-ring (bicyclic) bond motifs is 8. The first-order chi connectivity index (χ1) is 18.8. The van der Waals surface area contributed by atoms with Crippen molar-refractivity contribution in [3.05, 3.63) is 126 Å². The zero-order valence-electron chi connectivity index (χ0n) is 20.2. The molecule has 0 fully saturated rings. The maximum Gasteiger partial charge on any atom is 0.159 e. The molecule has 8 aromatic rings. The van der Waals surface area contributed by atoms with Crippen LogP contribution in [0.15, 0.2) is 126 Å². The predicted molar refractivity (Wildman–Crippen MR) is 164 cm³/mol. The van der Waals surface area contributed by atoms with Gasteiger partial charge in [0, 0.05) is 52.4 Å². The summed E-state index contributed by atoms with van der Waals surface area (Å²) in [6.45, 7) is 0. The minimum absolute atomic E-state index is 0.760. The molecule has 4 heteroatoms. The molecule has 0 saturated heterocycles. The Morgan fingerprint density at radius 1 is 0.553 bits per heavy atom. The number of furan rings is 1. The van der Waals surface area contributed by atoms with Crippen LogP contribution < -0.4 is 4.90 Å². The van der Waals surface area contributed by atoms with Crippen molar-refractivity contribution in [1.82, 2.24) is 0 Å². The van der Waals surface area contributed by atoms with Crippen LogP contribution in [0.4, 0.5) is 17.1 Å². The van der Waals surface area contributed by atoms with E-state index in [9.17, 15) is 0 Å². The van der Waals surface area contributed by atoms with Crippen molar-refractivity contribution < 1.29 is 4.42 Å². The van der Waals surface area contributed by atoms with E-state index in [4.69, 9.17) is 16.0 Å². The van der Waals surface area contributed by atoms with Crippen molar-refractivity contribution in [1.29, 1.82) is 0 Å². The normalized spacial score (nSPS) is 11.8. The molecule has 180 valence electrons. The van der Waals surface area contributed by atoms with Crippen LogP contribution in [0.25, 0.3) is 52.9 Å². The molecule has 2 nitrogen and oxygen atoms in total. The summed E-state index contributed by atoms with van der Waals surface area (Å²) in [6.07, 6.45) is 0. The molecule has 0 unspecified atom stereocenters. The van der Waals surface area contributed by atoms with Gasteiger partial charge in [-0.2, -0.15) is 0 Å². The molecule has 0 amide bonds. The van der Waals surface area contributed by atoms with E-state index >= 15 is 0 Å². The van der Waals surface area contributed by atoms with Crippen LogP contribution in [0.3, 0.4) is 0 Å². The molecule has 0 aliphatic carbocycles. The molecule has 2 heterocycles. The molecule has 0 aliphatic heterocycles. The number of hydrogen-bond donors (Lipinski definition) is 0. The number of anilines is 3. The number of benzene rings is 6. The molecule has 8 rings (SSSR count). The molecule has 0 bridgehead atoms. The van der Waals surface area contributed by atoms with Crippen molar-refractivity contribution in [3.63, 3.8) is 0 Å². The number of rotatable bonds is 3. The van der Waals surface area contributed by atoms with Crippen LogP contribution in [0, 0.1) is 0 Å². The van der Waals surface area contributed by atoms with Crippen LogP contribution in [-0.2, 0) is 0 Å². The molecule has 0 N–H and O–H groups in total. The Bertz CT molecular complexity index is 2160. The number of hydrogen-bond acceptors (Lipinski definition) is 3. The molecule has 0 radical (unpaired) electrons. The third-order valence-electron chi connectivity index (χ3n) is 7.30. The van der Waals surface area contributed by atoms with E-state index in [-0.39, 0.29) is 0 Å². The van der Waals surface area contributed by atoms with E-state index in [0.29, 0.717) is 0 Å². The first-order valence-electron chi connectivity index (χ1n) is 12.6. The van der Waals surface area contributed by atoms with Gasteiger partial charge < -0.3 is 9.32 Å². The maximum absolute atomic E-state index is 6.52. The Morgan fingerprint density at radius 3 is 2.16 bits per heavy atom. The highest BCUT2D eigenvalue weighted by Gasteiger charge is 2.22. The second-order valence-corrected chi connectivity index (χ2v) is 11.0. The van der Waals surface area contributed by atoms with Crippen LogP contribution in [0.2, 0.25) is 5.02 Å². The number of para-hydroxylation sites is 3. The summed E-state index contributed by atoms with van der Waals surface area (Å²) in [6, 6.07) is 42.4. The van der Waals surface area contributed by atoms with Crippen molar-refractivity contribution in [2.45, 2.75) is 0 Å². The summed E-state index contributed by atoms with van der Waals surface area (Å²) in [7, 11) is 0. The van der Waals surface area contributed by atoms with Gasteiger partial charge in [-0.15, -0.1) is 11.3 Å². The van der Waals surface area contributed by atoms with Crippen molar-refractivity contribution in [2.24, 2.45) is 0 Å². The summed E-state index contributed by atoms with van der Waals surface area (Å²) in [5, 5.41) is 7.86. The Balaban J connectivity index is 1.52. The molecule has 0 atom stereocenters. The van der Waals surface area contributed by atoms with E-state index in [1.54, 1.807) is 11.3 Å². The zero-order valence-corrected chi connectivity index (χ0v) is 21.8. The Hall–Kier alpha value is -4.31. The first-order valence-corrected chi connectivity index (χ1v) is 13.7. The highest BCUT2D eigenvalue weighted by molar-refractivity contribution is 7.26. The van der Waals surface area contributed by atoms with Crippen LogP contribution >= 0.6 is 22.9 Å². The van der Waals surface area contributed by atoms with Gasteiger partial charge in [0.1, 0.15) is 5.58 Å². The molecular formula is C34H20ClNOS. The van der Waals surface area contributed by atoms with E-state index in [1.165, 1.54) is 30.9 Å². The average Bonchev–Trinajstić information content (AvgIpc) is 3.52. The Labute approximate surface area is 227 Å². The van der Waals surface area contributed by atoms with Gasteiger partial charge in [0.15, 0.2) is 5.58 Å². The summed E-state index contributed by atoms with van der Waals surface area (Å²) in [5.41, 5.74) is 4.97.